The number of hydrogen-bond donors (Lipinski definition) is 1. The number of anilines is 1. The summed E-state index contributed by atoms with van der Waals surface area (Å²) >= 11 is 1.58. The van der Waals surface area contributed by atoms with Crippen LogP contribution < -0.4 is 10.2 Å². The monoisotopic (exact) mass is 459 g/mol. The summed E-state index contributed by atoms with van der Waals surface area (Å²) in [6.45, 7) is 6.42. The highest BCUT2D eigenvalue weighted by Gasteiger charge is 2.27. The van der Waals surface area contributed by atoms with Crippen LogP contribution in [-0.4, -0.2) is 33.6 Å². The Kier molecular flexibility index (Phi) is 6.13. The average Bonchev–Trinajstić information content (AvgIpc) is 3.43. The molecule has 6 nitrogen and oxygen atoms in total. The lowest BCUT2D eigenvalue weighted by Gasteiger charge is -2.31. The number of hydrogen-bond acceptors (Lipinski definition) is 5. The zero-order valence-electron chi connectivity index (χ0n) is 19.1. The van der Waals surface area contributed by atoms with E-state index in [9.17, 15) is 4.79 Å². The van der Waals surface area contributed by atoms with E-state index in [1.807, 2.05) is 10.7 Å². The fraction of sp³-hybridized carbons (Fsp3) is 0.346. The van der Waals surface area contributed by atoms with Crippen LogP contribution in [0.15, 0.2) is 54.7 Å². The molecular weight excluding hydrogens is 430 g/mol. The minimum atomic E-state index is -0.0204. The number of imidazole rings is 1. The molecule has 0 bridgehead atoms. The molecule has 7 heteroatoms. The molecule has 0 unspecified atom stereocenters. The van der Waals surface area contributed by atoms with Gasteiger partial charge in [0, 0.05) is 25.2 Å². The number of fused-ring (bicyclic) bond motifs is 1. The summed E-state index contributed by atoms with van der Waals surface area (Å²) in [5.41, 5.74) is 5.72. The molecule has 33 heavy (non-hydrogen) atoms. The summed E-state index contributed by atoms with van der Waals surface area (Å²) in [6, 6.07) is 16.8. The molecule has 0 radical (unpaired) electrons. The first-order chi connectivity index (χ1) is 16.1. The Balaban J connectivity index is 1.22. The second-order valence-electron chi connectivity index (χ2n) is 8.78. The lowest BCUT2D eigenvalue weighted by Crippen LogP contribution is -2.43. The zero-order chi connectivity index (χ0) is 22.8. The largest absolute Gasteiger partial charge is 0.352 e. The molecule has 1 aliphatic heterocycles. The highest BCUT2D eigenvalue weighted by atomic mass is 32.1. The van der Waals surface area contributed by atoms with Gasteiger partial charge >= 0.3 is 0 Å². The second-order valence-corrected chi connectivity index (χ2v) is 9.71. The van der Waals surface area contributed by atoms with Gasteiger partial charge in [0.05, 0.1) is 17.8 Å². The molecule has 1 aliphatic rings. The van der Waals surface area contributed by atoms with Crippen LogP contribution >= 0.6 is 11.3 Å². The van der Waals surface area contributed by atoms with Gasteiger partial charge in [0.25, 0.3) is 0 Å². The van der Waals surface area contributed by atoms with Gasteiger partial charge < -0.3 is 10.2 Å². The van der Waals surface area contributed by atoms with Crippen LogP contribution in [0, 0.1) is 12.8 Å². The second kappa shape index (κ2) is 9.35. The molecule has 1 saturated heterocycles. The highest BCUT2D eigenvalue weighted by Crippen LogP contribution is 2.30. The Morgan fingerprint density at radius 3 is 2.61 bits per heavy atom. The molecule has 3 heterocycles. The summed E-state index contributed by atoms with van der Waals surface area (Å²) in [6.07, 6.45) is 4.91. The predicted molar refractivity (Wildman–Crippen MR) is 134 cm³/mol. The number of aryl methyl sites for hydroxylation is 2. The first kappa shape index (κ1) is 21.6. The van der Waals surface area contributed by atoms with E-state index in [1.54, 1.807) is 11.3 Å². The van der Waals surface area contributed by atoms with E-state index in [0.717, 1.165) is 52.7 Å². The molecule has 2 aromatic heterocycles. The molecule has 1 N–H and O–H groups in total. The summed E-state index contributed by atoms with van der Waals surface area (Å²) in [7, 11) is 0. The summed E-state index contributed by atoms with van der Waals surface area (Å²) in [5.74, 6) is 0.107. The number of piperidine rings is 1. The maximum absolute atomic E-state index is 12.8. The van der Waals surface area contributed by atoms with Crippen LogP contribution in [0.4, 0.5) is 5.13 Å². The number of amides is 1. The molecule has 2 aromatic carbocycles. The third kappa shape index (κ3) is 4.78. The Morgan fingerprint density at radius 2 is 1.88 bits per heavy atom. The van der Waals surface area contributed by atoms with Crippen molar-refractivity contribution in [3.63, 3.8) is 0 Å². The first-order valence-electron chi connectivity index (χ1n) is 11.6. The number of nitrogens with one attached hydrogen (secondary N) is 1. The quantitative estimate of drug-likeness (QED) is 0.447. The van der Waals surface area contributed by atoms with E-state index in [2.05, 4.69) is 72.6 Å². The Bertz CT molecular complexity index is 1210. The number of carbonyl (C=O) groups is 1. The topological polar surface area (TPSA) is 62.5 Å². The van der Waals surface area contributed by atoms with Crippen molar-refractivity contribution in [2.75, 3.05) is 18.0 Å². The maximum atomic E-state index is 12.8. The maximum Gasteiger partial charge on any atom is 0.225 e. The SMILES string of the molecule is CCc1ccc(CNC(=O)[C@@H]2CCCN(c3nn4cc(-c5ccc(C)cc5)nc4s3)C2)cc1. The Morgan fingerprint density at radius 1 is 1.12 bits per heavy atom. The normalized spacial score (nSPS) is 16.3. The molecule has 5 rings (SSSR count). The molecule has 0 aliphatic carbocycles. The van der Waals surface area contributed by atoms with E-state index in [0.29, 0.717) is 13.1 Å². The van der Waals surface area contributed by atoms with Gasteiger partial charge in [0.1, 0.15) is 0 Å². The van der Waals surface area contributed by atoms with Gasteiger partial charge in [0.2, 0.25) is 16.0 Å². The van der Waals surface area contributed by atoms with Gasteiger partial charge in [-0.3, -0.25) is 4.79 Å². The molecule has 4 aromatic rings. The first-order valence-corrected chi connectivity index (χ1v) is 12.4. The number of rotatable bonds is 6. The lowest BCUT2D eigenvalue weighted by atomic mass is 9.97. The van der Waals surface area contributed by atoms with Crippen molar-refractivity contribution in [1.29, 1.82) is 0 Å². The van der Waals surface area contributed by atoms with Crippen LogP contribution in [0.2, 0.25) is 0 Å². The van der Waals surface area contributed by atoms with Gasteiger partial charge in [-0.05, 0) is 37.3 Å². The summed E-state index contributed by atoms with van der Waals surface area (Å²) in [4.78, 5) is 20.7. The van der Waals surface area contributed by atoms with E-state index in [-0.39, 0.29) is 11.8 Å². The van der Waals surface area contributed by atoms with Gasteiger partial charge in [-0.1, -0.05) is 72.4 Å². The minimum absolute atomic E-state index is 0.0204. The van der Waals surface area contributed by atoms with Gasteiger partial charge in [-0.2, -0.15) is 0 Å². The minimum Gasteiger partial charge on any atom is -0.352 e. The molecule has 1 fully saturated rings. The standard InChI is InChI=1S/C26H29N5OS/c1-3-19-8-10-20(11-9-19)15-27-24(32)22-5-4-14-30(16-22)26-29-31-17-23(28-25(31)33-26)21-12-6-18(2)7-13-21/h6-13,17,22H,3-5,14-16H2,1-2H3,(H,27,32)/t22-/m1/s1. The number of aromatic nitrogens is 3. The number of carbonyl (C=O) groups excluding carboxylic acids is 1. The van der Waals surface area contributed by atoms with Crippen LogP contribution in [0.1, 0.15) is 36.5 Å². The fourth-order valence-corrected chi connectivity index (χ4v) is 5.19. The zero-order valence-corrected chi connectivity index (χ0v) is 19.9. The number of nitrogens with zero attached hydrogens (tertiary/aromatic N) is 4. The summed E-state index contributed by atoms with van der Waals surface area (Å²) < 4.78 is 1.86. The van der Waals surface area contributed by atoms with Crippen molar-refractivity contribution in [1.82, 2.24) is 19.9 Å². The van der Waals surface area contributed by atoms with Gasteiger partial charge in [-0.15, -0.1) is 5.10 Å². The number of benzene rings is 2. The molecule has 1 amide bonds. The van der Waals surface area contributed by atoms with E-state index in [1.165, 1.54) is 11.1 Å². The smallest absolute Gasteiger partial charge is 0.225 e. The van der Waals surface area contributed by atoms with Crippen molar-refractivity contribution < 1.29 is 4.79 Å². The Labute approximate surface area is 198 Å². The fourth-order valence-electron chi connectivity index (χ4n) is 4.27. The van der Waals surface area contributed by atoms with Crippen molar-refractivity contribution >= 4 is 27.3 Å². The van der Waals surface area contributed by atoms with Gasteiger partial charge in [-0.25, -0.2) is 9.50 Å². The molecule has 1 atom stereocenters. The van der Waals surface area contributed by atoms with Crippen LogP contribution in [0.25, 0.3) is 16.2 Å². The molecule has 170 valence electrons. The van der Waals surface area contributed by atoms with E-state index in [4.69, 9.17) is 10.1 Å². The molecule has 0 spiro atoms. The molecule has 0 saturated carbocycles. The highest BCUT2D eigenvalue weighted by molar-refractivity contribution is 7.20. The summed E-state index contributed by atoms with van der Waals surface area (Å²) in [5, 5.41) is 8.83. The third-order valence-corrected chi connectivity index (χ3v) is 7.32. The third-order valence-electron chi connectivity index (χ3n) is 6.34. The average molecular weight is 460 g/mol. The Hall–Kier alpha value is -3.19. The van der Waals surface area contributed by atoms with Gasteiger partial charge in [0.15, 0.2) is 0 Å². The van der Waals surface area contributed by atoms with E-state index < -0.39 is 0 Å². The lowest BCUT2D eigenvalue weighted by molar-refractivity contribution is -0.125. The molecular formula is C26H29N5OS. The van der Waals surface area contributed by atoms with Crippen LogP contribution in [0.5, 0.6) is 0 Å². The predicted octanol–water partition coefficient (Wildman–Crippen LogP) is 4.86. The van der Waals surface area contributed by atoms with Crippen LogP contribution in [-0.2, 0) is 17.8 Å². The van der Waals surface area contributed by atoms with Crippen molar-refractivity contribution in [2.24, 2.45) is 5.92 Å². The van der Waals surface area contributed by atoms with Crippen molar-refractivity contribution in [2.45, 2.75) is 39.7 Å². The van der Waals surface area contributed by atoms with Crippen molar-refractivity contribution in [3.05, 3.63) is 71.4 Å². The van der Waals surface area contributed by atoms with E-state index >= 15 is 0 Å². The van der Waals surface area contributed by atoms with Crippen LogP contribution in [0.3, 0.4) is 0 Å². The van der Waals surface area contributed by atoms with Crippen molar-refractivity contribution in [3.8, 4) is 11.3 Å².